The van der Waals surface area contributed by atoms with Crippen molar-refractivity contribution in [2.24, 2.45) is 0 Å². The van der Waals surface area contributed by atoms with Gasteiger partial charge in [-0.15, -0.1) is 0 Å². The van der Waals surface area contributed by atoms with Crippen molar-refractivity contribution >= 4 is 17.0 Å². The molecule has 1 aliphatic heterocycles. The molecular weight excluding hydrogens is 316 g/mol. The molecule has 1 fully saturated rings. The van der Waals surface area contributed by atoms with E-state index in [0.717, 1.165) is 49.4 Å². The molecule has 1 amide bonds. The van der Waals surface area contributed by atoms with Crippen LogP contribution in [0.3, 0.4) is 0 Å². The van der Waals surface area contributed by atoms with Crippen LogP contribution in [0.4, 0.5) is 0 Å². The second-order valence-corrected chi connectivity index (χ2v) is 6.53. The van der Waals surface area contributed by atoms with Gasteiger partial charge >= 0.3 is 0 Å². The molecule has 0 bridgehead atoms. The lowest BCUT2D eigenvalue weighted by molar-refractivity contribution is 0.0565. The monoisotopic (exact) mass is 338 g/mol. The smallest absolute Gasteiger partial charge is 0.290 e. The molecule has 1 atom stereocenters. The highest BCUT2D eigenvalue weighted by Gasteiger charge is 2.32. The van der Waals surface area contributed by atoms with Gasteiger partial charge in [-0.2, -0.15) is 0 Å². The van der Waals surface area contributed by atoms with Crippen LogP contribution in [0.5, 0.6) is 0 Å². The predicted octanol–water partition coefficient (Wildman–Crippen LogP) is 3.72. The molecule has 3 aromatic heterocycles. The Morgan fingerprint density at radius 1 is 1.36 bits per heavy atom. The van der Waals surface area contributed by atoms with Crippen molar-refractivity contribution in [3.05, 3.63) is 47.9 Å². The van der Waals surface area contributed by atoms with E-state index in [0.29, 0.717) is 11.3 Å². The average Bonchev–Trinajstić information content (AvgIpc) is 3.27. The number of aryl methyl sites for hydroxylation is 2. The van der Waals surface area contributed by atoms with E-state index in [1.165, 1.54) is 0 Å². The first-order valence-electron chi connectivity index (χ1n) is 8.86. The number of furan rings is 1. The van der Waals surface area contributed by atoms with Gasteiger partial charge in [-0.05, 0) is 45.2 Å². The SMILES string of the molecule is CCn1ccnc1C1CCCCN1C(=O)c1cc2nc(C)ccc2o1. The number of fused-ring (bicyclic) bond motifs is 1. The number of nitrogens with zero attached hydrogens (tertiary/aromatic N) is 4. The molecule has 1 unspecified atom stereocenters. The van der Waals surface area contributed by atoms with Crippen molar-refractivity contribution in [3.8, 4) is 0 Å². The Morgan fingerprint density at radius 3 is 3.08 bits per heavy atom. The molecule has 3 aromatic rings. The van der Waals surface area contributed by atoms with Gasteiger partial charge in [0.2, 0.25) is 0 Å². The van der Waals surface area contributed by atoms with E-state index in [1.54, 1.807) is 6.07 Å². The summed E-state index contributed by atoms with van der Waals surface area (Å²) in [5.41, 5.74) is 2.29. The average molecular weight is 338 g/mol. The molecule has 130 valence electrons. The third-order valence-electron chi connectivity index (χ3n) is 4.87. The summed E-state index contributed by atoms with van der Waals surface area (Å²) in [7, 11) is 0. The number of rotatable bonds is 3. The lowest BCUT2D eigenvalue weighted by Gasteiger charge is -2.34. The van der Waals surface area contributed by atoms with Gasteiger partial charge in [-0.3, -0.25) is 4.79 Å². The lowest BCUT2D eigenvalue weighted by Crippen LogP contribution is -2.39. The molecule has 0 saturated carbocycles. The summed E-state index contributed by atoms with van der Waals surface area (Å²) in [6.07, 6.45) is 6.82. The van der Waals surface area contributed by atoms with Gasteiger partial charge in [0.1, 0.15) is 11.3 Å². The highest BCUT2D eigenvalue weighted by molar-refractivity contribution is 5.95. The van der Waals surface area contributed by atoms with E-state index < -0.39 is 0 Å². The van der Waals surface area contributed by atoms with Gasteiger partial charge in [-0.1, -0.05) is 0 Å². The van der Waals surface area contributed by atoms with Crippen molar-refractivity contribution < 1.29 is 9.21 Å². The third kappa shape index (κ3) is 2.81. The highest BCUT2D eigenvalue weighted by atomic mass is 16.3. The van der Waals surface area contributed by atoms with Crippen LogP contribution in [-0.2, 0) is 6.54 Å². The summed E-state index contributed by atoms with van der Waals surface area (Å²) in [5, 5.41) is 0. The van der Waals surface area contributed by atoms with Gasteiger partial charge in [0.15, 0.2) is 11.3 Å². The van der Waals surface area contributed by atoms with Crippen LogP contribution in [0, 0.1) is 6.92 Å². The lowest BCUT2D eigenvalue weighted by atomic mass is 10.0. The maximum atomic E-state index is 13.1. The number of hydrogen-bond acceptors (Lipinski definition) is 4. The van der Waals surface area contributed by atoms with Crippen molar-refractivity contribution in [1.82, 2.24) is 19.4 Å². The van der Waals surface area contributed by atoms with Gasteiger partial charge in [0, 0.05) is 37.2 Å². The largest absolute Gasteiger partial charge is 0.449 e. The second-order valence-electron chi connectivity index (χ2n) is 6.53. The van der Waals surface area contributed by atoms with Crippen molar-refractivity contribution in [2.45, 2.75) is 45.7 Å². The van der Waals surface area contributed by atoms with Crippen LogP contribution in [0.25, 0.3) is 11.1 Å². The molecule has 0 radical (unpaired) electrons. The van der Waals surface area contributed by atoms with Crippen molar-refractivity contribution in [3.63, 3.8) is 0 Å². The van der Waals surface area contributed by atoms with E-state index in [-0.39, 0.29) is 11.9 Å². The molecule has 1 aliphatic rings. The molecule has 0 N–H and O–H groups in total. The summed E-state index contributed by atoms with van der Waals surface area (Å²) < 4.78 is 7.89. The highest BCUT2D eigenvalue weighted by Crippen LogP contribution is 2.32. The van der Waals surface area contributed by atoms with Crippen LogP contribution >= 0.6 is 0 Å². The maximum Gasteiger partial charge on any atom is 0.290 e. The molecule has 0 spiro atoms. The second kappa shape index (κ2) is 6.35. The maximum absolute atomic E-state index is 13.1. The number of piperidine rings is 1. The van der Waals surface area contributed by atoms with Gasteiger partial charge < -0.3 is 13.9 Å². The molecule has 1 saturated heterocycles. The minimum Gasteiger partial charge on any atom is -0.449 e. The van der Waals surface area contributed by atoms with Gasteiger partial charge in [-0.25, -0.2) is 9.97 Å². The zero-order chi connectivity index (χ0) is 17.4. The zero-order valence-electron chi connectivity index (χ0n) is 14.6. The van der Waals surface area contributed by atoms with E-state index in [9.17, 15) is 4.79 Å². The first-order valence-corrected chi connectivity index (χ1v) is 8.86. The molecule has 4 rings (SSSR count). The van der Waals surface area contributed by atoms with E-state index in [1.807, 2.05) is 36.4 Å². The molecule has 25 heavy (non-hydrogen) atoms. The zero-order valence-corrected chi connectivity index (χ0v) is 14.6. The Bertz CT molecular complexity index is 911. The van der Waals surface area contributed by atoms with Crippen LogP contribution < -0.4 is 0 Å². The minimum atomic E-state index is -0.0778. The number of aromatic nitrogens is 3. The molecule has 4 heterocycles. The summed E-state index contributed by atoms with van der Waals surface area (Å²) >= 11 is 0. The summed E-state index contributed by atoms with van der Waals surface area (Å²) in [5.74, 6) is 1.24. The normalized spacial score (nSPS) is 18.0. The number of hydrogen-bond donors (Lipinski definition) is 0. The molecule has 6 heteroatoms. The number of amides is 1. The Kier molecular flexibility index (Phi) is 4.03. The first kappa shape index (κ1) is 15.9. The Hall–Kier alpha value is -2.63. The van der Waals surface area contributed by atoms with Crippen LogP contribution in [-0.4, -0.2) is 31.9 Å². The van der Waals surface area contributed by atoms with E-state index in [4.69, 9.17) is 4.42 Å². The summed E-state index contributed by atoms with van der Waals surface area (Å²) in [6.45, 7) is 5.60. The predicted molar refractivity (Wildman–Crippen MR) is 94.3 cm³/mol. The molecule has 6 nitrogen and oxygen atoms in total. The van der Waals surface area contributed by atoms with Gasteiger partial charge in [0.25, 0.3) is 5.91 Å². The number of imidazole rings is 1. The molecular formula is C19H22N4O2. The summed E-state index contributed by atoms with van der Waals surface area (Å²) in [6, 6.07) is 5.51. The summed E-state index contributed by atoms with van der Waals surface area (Å²) in [4.78, 5) is 24.0. The number of pyridine rings is 1. The van der Waals surface area contributed by atoms with Crippen molar-refractivity contribution in [2.75, 3.05) is 6.54 Å². The third-order valence-corrected chi connectivity index (χ3v) is 4.87. The number of carbonyl (C=O) groups is 1. The fourth-order valence-electron chi connectivity index (χ4n) is 3.60. The van der Waals surface area contributed by atoms with E-state index in [2.05, 4.69) is 21.5 Å². The topological polar surface area (TPSA) is 64.2 Å². The van der Waals surface area contributed by atoms with Crippen molar-refractivity contribution in [1.29, 1.82) is 0 Å². The van der Waals surface area contributed by atoms with Crippen LogP contribution in [0.15, 0.2) is 35.0 Å². The van der Waals surface area contributed by atoms with Crippen LogP contribution in [0.2, 0.25) is 0 Å². The standard InChI is InChI=1S/C19H22N4O2/c1-3-22-11-9-20-18(22)15-6-4-5-10-23(15)19(24)17-12-14-16(25-17)8-7-13(2)21-14/h7-9,11-12,15H,3-6,10H2,1-2H3. The molecule has 0 aliphatic carbocycles. The quantitative estimate of drug-likeness (QED) is 0.730. The first-order chi connectivity index (χ1) is 12.2. The minimum absolute atomic E-state index is 0.000826. The number of likely N-dealkylation sites (tertiary alicyclic amines) is 1. The van der Waals surface area contributed by atoms with Gasteiger partial charge in [0.05, 0.1) is 6.04 Å². The van der Waals surface area contributed by atoms with E-state index >= 15 is 0 Å². The fourth-order valence-corrected chi connectivity index (χ4v) is 3.60. The van der Waals surface area contributed by atoms with Crippen LogP contribution in [0.1, 0.15) is 54.3 Å². The fraction of sp³-hybridized carbons (Fsp3) is 0.421. The Labute approximate surface area is 146 Å². The Balaban J connectivity index is 1.68. The molecule has 0 aromatic carbocycles. The number of carbonyl (C=O) groups excluding carboxylic acids is 1. The Morgan fingerprint density at radius 2 is 2.24 bits per heavy atom.